The smallest absolute Gasteiger partial charge is 0.318 e. The van der Waals surface area contributed by atoms with E-state index in [0.29, 0.717) is 13.1 Å². The van der Waals surface area contributed by atoms with E-state index in [9.17, 15) is 4.79 Å². The van der Waals surface area contributed by atoms with E-state index in [2.05, 4.69) is 21.8 Å². The minimum Gasteiger partial charge on any atom is -0.356 e. The number of nitrogens with zero attached hydrogens (tertiary/aromatic N) is 3. The monoisotopic (exact) mass is 350 g/mol. The molecule has 136 valence electrons. The van der Waals surface area contributed by atoms with Gasteiger partial charge in [-0.05, 0) is 30.5 Å². The summed E-state index contributed by atoms with van der Waals surface area (Å²) in [6.45, 7) is 6.71. The van der Waals surface area contributed by atoms with Crippen molar-refractivity contribution in [1.82, 2.24) is 15.2 Å². The molecule has 1 fully saturated rings. The number of rotatable bonds is 6. The van der Waals surface area contributed by atoms with Crippen molar-refractivity contribution in [2.45, 2.75) is 25.4 Å². The molecule has 26 heavy (non-hydrogen) atoms. The quantitative estimate of drug-likeness (QED) is 0.812. The zero-order chi connectivity index (χ0) is 18.2. The first-order valence-corrected chi connectivity index (χ1v) is 9.12. The fourth-order valence-corrected chi connectivity index (χ4v) is 3.24. The van der Waals surface area contributed by atoms with E-state index in [1.165, 1.54) is 0 Å². The summed E-state index contributed by atoms with van der Waals surface area (Å²) in [5.41, 5.74) is 1.12. The van der Waals surface area contributed by atoms with Gasteiger partial charge in [-0.15, -0.1) is 6.58 Å². The van der Waals surface area contributed by atoms with Crippen LogP contribution in [0.4, 0.5) is 10.6 Å². The molecule has 1 aromatic carbocycles. The summed E-state index contributed by atoms with van der Waals surface area (Å²) in [5.74, 6) is 1.01. The van der Waals surface area contributed by atoms with Crippen LogP contribution >= 0.6 is 0 Å². The number of piperidine rings is 1. The first kappa shape index (κ1) is 18.0. The van der Waals surface area contributed by atoms with Crippen molar-refractivity contribution in [1.29, 1.82) is 0 Å². The molecular formula is C21H26N4O. The predicted molar refractivity (Wildman–Crippen MR) is 105 cm³/mol. The Morgan fingerprint density at radius 2 is 1.92 bits per heavy atom. The molecule has 1 saturated heterocycles. The zero-order valence-corrected chi connectivity index (χ0v) is 15.1. The second kappa shape index (κ2) is 9.04. The zero-order valence-electron chi connectivity index (χ0n) is 15.1. The number of benzene rings is 1. The maximum atomic E-state index is 12.7. The number of aromatic nitrogens is 1. The normalized spacial score (nSPS) is 14.7. The number of carbonyl (C=O) groups excluding carboxylic acids is 1. The Hall–Kier alpha value is -2.82. The largest absolute Gasteiger partial charge is 0.356 e. The van der Waals surface area contributed by atoms with Crippen molar-refractivity contribution in [3.63, 3.8) is 0 Å². The predicted octanol–water partition coefficient (Wildman–Crippen LogP) is 3.45. The molecule has 1 aliphatic rings. The molecule has 1 N–H and O–H groups in total. The topological polar surface area (TPSA) is 48.5 Å². The van der Waals surface area contributed by atoms with Gasteiger partial charge in [-0.3, -0.25) is 0 Å². The number of carbonyl (C=O) groups is 1. The molecule has 5 heteroatoms. The Morgan fingerprint density at radius 1 is 1.19 bits per heavy atom. The van der Waals surface area contributed by atoms with Gasteiger partial charge in [-0.2, -0.15) is 0 Å². The summed E-state index contributed by atoms with van der Waals surface area (Å²) in [6, 6.07) is 16.2. The molecule has 2 aromatic rings. The Morgan fingerprint density at radius 3 is 2.58 bits per heavy atom. The fourth-order valence-electron chi connectivity index (χ4n) is 3.24. The number of nitrogens with one attached hydrogen (secondary N) is 1. The van der Waals surface area contributed by atoms with Crippen molar-refractivity contribution in [2.24, 2.45) is 0 Å². The third-order valence-corrected chi connectivity index (χ3v) is 4.65. The first-order chi connectivity index (χ1) is 12.8. The number of amides is 2. The maximum Gasteiger partial charge on any atom is 0.318 e. The number of urea groups is 1. The van der Waals surface area contributed by atoms with Crippen LogP contribution in [0.2, 0.25) is 0 Å². The highest BCUT2D eigenvalue weighted by Gasteiger charge is 2.23. The van der Waals surface area contributed by atoms with Gasteiger partial charge in [0.05, 0.1) is 0 Å². The van der Waals surface area contributed by atoms with Crippen LogP contribution < -0.4 is 10.2 Å². The molecule has 2 heterocycles. The summed E-state index contributed by atoms with van der Waals surface area (Å²) < 4.78 is 0. The van der Waals surface area contributed by atoms with Crippen LogP contribution in [0.15, 0.2) is 67.4 Å². The SMILES string of the molecule is C=CCN(Cc1ccccc1)C(=O)NC1CCN(c2ccccn2)CC1. The first-order valence-electron chi connectivity index (χ1n) is 9.12. The number of anilines is 1. The molecule has 5 nitrogen and oxygen atoms in total. The summed E-state index contributed by atoms with van der Waals surface area (Å²) in [4.78, 5) is 21.2. The van der Waals surface area contributed by atoms with E-state index in [0.717, 1.165) is 37.3 Å². The van der Waals surface area contributed by atoms with Crippen LogP contribution in [0.1, 0.15) is 18.4 Å². The number of pyridine rings is 1. The van der Waals surface area contributed by atoms with Gasteiger partial charge in [-0.1, -0.05) is 42.5 Å². The molecule has 0 atom stereocenters. The van der Waals surface area contributed by atoms with Gasteiger partial charge in [0.2, 0.25) is 0 Å². The van der Waals surface area contributed by atoms with Gasteiger partial charge in [0.25, 0.3) is 0 Å². The second-order valence-electron chi connectivity index (χ2n) is 6.55. The average molecular weight is 350 g/mol. The van der Waals surface area contributed by atoms with Crippen molar-refractivity contribution in [3.05, 3.63) is 72.9 Å². The third kappa shape index (κ3) is 4.85. The second-order valence-corrected chi connectivity index (χ2v) is 6.55. The van der Waals surface area contributed by atoms with Crippen LogP contribution in [-0.4, -0.2) is 41.6 Å². The Kier molecular flexibility index (Phi) is 6.25. The van der Waals surface area contributed by atoms with Crippen LogP contribution in [-0.2, 0) is 6.54 Å². The number of hydrogen-bond donors (Lipinski definition) is 1. The lowest BCUT2D eigenvalue weighted by Crippen LogP contribution is -2.49. The summed E-state index contributed by atoms with van der Waals surface area (Å²) in [5, 5.41) is 3.19. The van der Waals surface area contributed by atoms with Crippen molar-refractivity contribution in [3.8, 4) is 0 Å². The molecule has 0 radical (unpaired) electrons. The van der Waals surface area contributed by atoms with E-state index in [4.69, 9.17) is 0 Å². The van der Waals surface area contributed by atoms with Crippen LogP contribution in [0.25, 0.3) is 0 Å². The minimum absolute atomic E-state index is 0.0231. The van der Waals surface area contributed by atoms with E-state index in [1.54, 1.807) is 11.0 Å². The van der Waals surface area contributed by atoms with Crippen molar-refractivity contribution in [2.75, 3.05) is 24.5 Å². The lowest BCUT2D eigenvalue weighted by Gasteiger charge is -2.34. The molecule has 0 saturated carbocycles. The van der Waals surface area contributed by atoms with Gasteiger partial charge >= 0.3 is 6.03 Å². The molecule has 2 amide bonds. The minimum atomic E-state index is -0.0231. The van der Waals surface area contributed by atoms with Crippen LogP contribution in [0.5, 0.6) is 0 Å². The van der Waals surface area contributed by atoms with Crippen molar-refractivity contribution < 1.29 is 4.79 Å². The molecule has 1 aliphatic heterocycles. The van der Waals surface area contributed by atoms with Crippen LogP contribution in [0.3, 0.4) is 0 Å². The Balaban J connectivity index is 1.52. The summed E-state index contributed by atoms with van der Waals surface area (Å²) >= 11 is 0. The van der Waals surface area contributed by atoms with E-state index in [1.807, 2.05) is 54.7 Å². The van der Waals surface area contributed by atoms with Gasteiger partial charge in [0.1, 0.15) is 5.82 Å². The molecule has 0 unspecified atom stereocenters. The highest BCUT2D eigenvalue weighted by Crippen LogP contribution is 2.17. The van der Waals surface area contributed by atoms with Gasteiger partial charge in [0.15, 0.2) is 0 Å². The molecule has 0 spiro atoms. The van der Waals surface area contributed by atoms with E-state index < -0.39 is 0 Å². The summed E-state index contributed by atoms with van der Waals surface area (Å²) in [7, 11) is 0. The summed E-state index contributed by atoms with van der Waals surface area (Å²) in [6.07, 6.45) is 5.44. The van der Waals surface area contributed by atoms with Gasteiger partial charge in [0, 0.05) is 38.4 Å². The van der Waals surface area contributed by atoms with Crippen molar-refractivity contribution >= 4 is 11.8 Å². The standard InChI is InChI=1S/C21H26N4O/c1-2-14-25(17-18-8-4-3-5-9-18)21(26)23-19-11-15-24(16-12-19)20-10-6-7-13-22-20/h2-10,13,19H,1,11-12,14-17H2,(H,23,26). The third-order valence-electron chi connectivity index (χ3n) is 4.65. The van der Waals surface area contributed by atoms with Gasteiger partial charge in [-0.25, -0.2) is 9.78 Å². The Labute approximate surface area is 155 Å². The highest BCUT2D eigenvalue weighted by molar-refractivity contribution is 5.74. The molecule has 1 aromatic heterocycles. The lowest BCUT2D eigenvalue weighted by molar-refractivity contribution is 0.194. The molecule has 3 rings (SSSR count). The Bertz CT molecular complexity index is 696. The molecular weight excluding hydrogens is 324 g/mol. The van der Waals surface area contributed by atoms with E-state index >= 15 is 0 Å². The molecule has 0 bridgehead atoms. The lowest BCUT2D eigenvalue weighted by atomic mass is 10.1. The highest BCUT2D eigenvalue weighted by atomic mass is 16.2. The fraction of sp³-hybridized carbons (Fsp3) is 0.333. The average Bonchev–Trinajstić information content (AvgIpc) is 2.70. The number of hydrogen-bond acceptors (Lipinski definition) is 3. The molecule has 0 aliphatic carbocycles. The maximum absolute atomic E-state index is 12.7. The van der Waals surface area contributed by atoms with Crippen LogP contribution in [0, 0.1) is 0 Å². The van der Waals surface area contributed by atoms with Gasteiger partial charge < -0.3 is 15.1 Å². The van der Waals surface area contributed by atoms with E-state index in [-0.39, 0.29) is 12.1 Å².